The third kappa shape index (κ3) is 2.50. The Morgan fingerprint density at radius 1 is 1.14 bits per heavy atom. The number of nitrogens with one attached hydrogen (secondary N) is 2. The van der Waals surface area contributed by atoms with Crippen molar-refractivity contribution in [2.45, 2.75) is 4.90 Å². The lowest BCUT2D eigenvalue weighted by Gasteiger charge is -2.08. The van der Waals surface area contributed by atoms with Crippen molar-refractivity contribution in [2.24, 2.45) is 0 Å². The summed E-state index contributed by atoms with van der Waals surface area (Å²) < 4.78 is 32.0. The first-order valence-electron chi connectivity index (χ1n) is 5.91. The molecule has 0 radical (unpaired) electrons. The Labute approximate surface area is 120 Å². The Kier molecular flexibility index (Phi) is 3.18. The standard InChI is InChI=1S/C12H11N5O3S/c1-20-8-2-4-9(5-3-8)21(18,19)17-12-10-11(14-6-13-10)15-7-16-12/h2-7H,1H3,(H2,13,14,15,16,17). The van der Waals surface area contributed by atoms with Crippen molar-refractivity contribution < 1.29 is 13.2 Å². The average Bonchev–Trinajstić information content (AvgIpc) is 2.97. The van der Waals surface area contributed by atoms with Crippen LogP contribution in [0.2, 0.25) is 0 Å². The molecule has 21 heavy (non-hydrogen) atoms. The summed E-state index contributed by atoms with van der Waals surface area (Å²) in [6.07, 6.45) is 2.67. The van der Waals surface area contributed by atoms with Crippen molar-refractivity contribution in [1.82, 2.24) is 19.9 Å². The first-order chi connectivity index (χ1) is 10.1. The molecule has 2 N–H and O–H groups in total. The van der Waals surface area contributed by atoms with Gasteiger partial charge in [-0.2, -0.15) is 0 Å². The lowest BCUT2D eigenvalue weighted by molar-refractivity contribution is 0.414. The normalized spacial score (nSPS) is 11.5. The van der Waals surface area contributed by atoms with E-state index in [1.165, 1.54) is 31.9 Å². The Balaban J connectivity index is 1.97. The summed E-state index contributed by atoms with van der Waals surface area (Å²) >= 11 is 0. The molecule has 0 atom stereocenters. The molecule has 0 saturated carbocycles. The molecule has 0 aliphatic carbocycles. The Bertz CT molecular complexity index is 873. The number of anilines is 1. The highest BCUT2D eigenvalue weighted by Gasteiger charge is 2.17. The maximum absolute atomic E-state index is 12.3. The van der Waals surface area contributed by atoms with E-state index in [1.807, 2.05) is 0 Å². The topological polar surface area (TPSA) is 110 Å². The zero-order valence-electron chi connectivity index (χ0n) is 10.9. The number of sulfonamides is 1. The molecular formula is C12H11N5O3S. The van der Waals surface area contributed by atoms with E-state index >= 15 is 0 Å². The first-order valence-corrected chi connectivity index (χ1v) is 7.39. The van der Waals surface area contributed by atoms with Crippen molar-refractivity contribution in [3.05, 3.63) is 36.9 Å². The number of nitrogens with zero attached hydrogens (tertiary/aromatic N) is 3. The van der Waals surface area contributed by atoms with Gasteiger partial charge in [0.25, 0.3) is 10.0 Å². The molecule has 0 spiro atoms. The van der Waals surface area contributed by atoms with Crippen molar-refractivity contribution in [3.63, 3.8) is 0 Å². The van der Waals surface area contributed by atoms with Gasteiger partial charge in [0.1, 0.15) is 17.6 Å². The van der Waals surface area contributed by atoms with Crippen molar-refractivity contribution in [1.29, 1.82) is 0 Å². The number of hydrogen-bond donors (Lipinski definition) is 2. The van der Waals surface area contributed by atoms with Gasteiger partial charge in [-0.1, -0.05) is 0 Å². The molecule has 2 aromatic heterocycles. The highest BCUT2D eigenvalue weighted by atomic mass is 32.2. The van der Waals surface area contributed by atoms with Crippen LogP contribution in [0.3, 0.4) is 0 Å². The van der Waals surface area contributed by atoms with E-state index in [0.29, 0.717) is 16.9 Å². The quantitative estimate of drug-likeness (QED) is 0.748. The first kappa shape index (κ1) is 13.3. The van der Waals surface area contributed by atoms with Crippen LogP contribution < -0.4 is 9.46 Å². The zero-order chi connectivity index (χ0) is 14.9. The summed E-state index contributed by atoms with van der Waals surface area (Å²) in [7, 11) is -2.24. The van der Waals surface area contributed by atoms with E-state index in [0.717, 1.165) is 0 Å². The predicted octanol–water partition coefficient (Wildman–Crippen LogP) is 1.16. The van der Waals surface area contributed by atoms with E-state index in [1.54, 1.807) is 12.1 Å². The van der Waals surface area contributed by atoms with E-state index in [9.17, 15) is 8.42 Å². The SMILES string of the molecule is COc1ccc(S(=O)(=O)Nc2ncnc3nc[nH]c23)cc1. The largest absolute Gasteiger partial charge is 0.497 e. The molecule has 0 bridgehead atoms. The van der Waals surface area contributed by atoms with Crippen LogP contribution in [-0.2, 0) is 10.0 Å². The second-order valence-corrected chi connectivity index (χ2v) is 5.79. The van der Waals surface area contributed by atoms with Gasteiger partial charge in [-0.25, -0.2) is 23.4 Å². The van der Waals surface area contributed by atoms with Gasteiger partial charge in [0.2, 0.25) is 0 Å². The molecule has 0 amide bonds. The molecule has 2 heterocycles. The summed E-state index contributed by atoms with van der Waals surface area (Å²) in [6, 6.07) is 6.04. The highest BCUT2D eigenvalue weighted by molar-refractivity contribution is 7.92. The Morgan fingerprint density at radius 2 is 1.90 bits per heavy atom. The predicted molar refractivity (Wildman–Crippen MR) is 75.5 cm³/mol. The molecule has 0 unspecified atom stereocenters. The van der Waals surface area contributed by atoms with Gasteiger partial charge in [-0.05, 0) is 24.3 Å². The Morgan fingerprint density at radius 3 is 2.62 bits per heavy atom. The van der Waals surface area contributed by atoms with Crippen molar-refractivity contribution >= 4 is 27.0 Å². The molecule has 0 aliphatic rings. The van der Waals surface area contributed by atoms with Crippen LogP contribution in [0.25, 0.3) is 11.2 Å². The summed E-state index contributed by atoms with van der Waals surface area (Å²) in [5.41, 5.74) is 0.812. The van der Waals surface area contributed by atoms with Gasteiger partial charge < -0.3 is 9.72 Å². The minimum absolute atomic E-state index is 0.106. The summed E-state index contributed by atoms with van der Waals surface area (Å²) in [4.78, 5) is 14.7. The van der Waals surface area contributed by atoms with Gasteiger partial charge >= 0.3 is 0 Å². The van der Waals surface area contributed by atoms with Crippen molar-refractivity contribution in [3.8, 4) is 5.75 Å². The fourth-order valence-corrected chi connectivity index (χ4v) is 2.81. The second-order valence-electron chi connectivity index (χ2n) is 4.10. The minimum atomic E-state index is -3.75. The molecule has 0 aliphatic heterocycles. The van der Waals surface area contributed by atoms with Crippen LogP contribution in [0.5, 0.6) is 5.75 Å². The van der Waals surface area contributed by atoms with Crippen LogP contribution in [0.4, 0.5) is 5.82 Å². The van der Waals surface area contributed by atoms with Gasteiger partial charge in [0.05, 0.1) is 18.3 Å². The van der Waals surface area contributed by atoms with Crippen LogP contribution in [0, 0.1) is 0 Å². The molecule has 0 saturated heterocycles. The number of ether oxygens (including phenoxy) is 1. The molecule has 3 aromatic rings. The smallest absolute Gasteiger partial charge is 0.263 e. The van der Waals surface area contributed by atoms with Crippen LogP contribution >= 0.6 is 0 Å². The number of fused-ring (bicyclic) bond motifs is 1. The van der Waals surface area contributed by atoms with E-state index in [4.69, 9.17) is 4.74 Å². The van der Waals surface area contributed by atoms with Gasteiger partial charge in [0, 0.05) is 0 Å². The Hall–Kier alpha value is -2.68. The van der Waals surface area contributed by atoms with Gasteiger partial charge in [-0.15, -0.1) is 0 Å². The average molecular weight is 305 g/mol. The van der Waals surface area contributed by atoms with E-state index < -0.39 is 10.0 Å². The van der Waals surface area contributed by atoms with Gasteiger partial charge in [0.15, 0.2) is 11.5 Å². The molecule has 108 valence electrons. The minimum Gasteiger partial charge on any atom is -0.497 e. The lowest BCUT2D eigenvalue weighted by Crippen LogP contribution is -2.14. The molecule has 9 heteroatoms. The maximum Gasteiger partial charge on any atom is 0.263 e. The van der Waals surface area contributed by atoms with Crippen LogP contribution in [-0.4, -0.2) is 35.5 Å². The number of aromatic nitrogens is 4. The number of H-pyrrole nitrogens is 1. The molecule has 1 aromatic carbocycles. The summed E-state index contributed by atoms with van der Waals surface area (Å²) in [5, 5.41) is 0. The fourth-order valence-electron chi connectivity index (χ4n) is 1.78. The number of benzene rings is 1. The zero-order valence-corrected chi connectivity index (χ0v) is 11.8. The molecule has 8 nitrogen and oxygen atoms in total. The highest BCUT2D eigenvalue weighted by Crippen LogP contribution is 2.21. The van der Waals surface area contributed by atoms with Crippen LogP contribution in [0.1, 0.15) is 0 Å². The summed E-state index contributed by atoms with van der Waals surface area (Å²) in [6.45, 7) is 0. The second kappa shape index (κ2) is 5.02. The number of methoxy groups -OCH3 is 1. The van der Waals surface area contributed by atoms with Gasteiger partial charge in [-0.3, -0.25) is 4.72 Å². The number of aromatic amines is 1. The summed E-state index contributed by atoms with van der Waals surface area (Å²) in [5.74, 6) is 0.722. The monoisotopic (exact) mass is 305 g/mol. The van der Waals surface area contributed by atoms with E-state index in [-0.39, 0.29) is 10.7 Å². The maximum atomic E-state index is 12.3. The number of rotatable bonds is 4. The van der Waals surface area contributed by atoms with Crippen LogP contribution in [0.15, 0.2) is 41.8 Å². The molecule has 0 fully saturated rings. The van der Waals surface area contributed by atoms with Crippen molar-refractivity contribution in [2.75, 3.05) is 11.8 Å². The lowest BCUT2D eigenvalue weighted by atomic mass is 10.3. The fraction of sp³-hybridized carbons (Fsp3) is 0.0833. The van der Waals surface area contributed by atoms with E-state index in [2.05, 4.69) is 24.7 Å². The molecule has 3 rings (SSSR count). The third-order valence-corrected chi connectivity index (χ3v) is 4.18. The third-order valence-electron chi connectivity index (χ3n) is 2.82. The molecular weight excluding hydrogens is 294 g/mol. The number of imidazole rings is 1. The number of hydrogen-bond acceptors (Lipinski definition) is 6.